The van der Waals surface area contributed by atoms with E-state index in [-0.39, 0.29) is 0 Å². The van der Waals surface area contributed by atoms with Crippen LogP contribution in [0.3, 0.4) is 0 Å². The molecule has 2 aromatic carbocycles. The Bertz CT molecular complexity index is 533. The number of hydrogen-bond donors (Lipinski definition) is 0. The Kier molecular flexibility index (Phi) is 3.77. The second-order valence-electron chi connectivity index (χ2n) is 4.03. The highest BCUT2D eigenvalue weighted by Crippen LogP contribution is 2.12. The predicted octanol–water partition coefficient (Wildman–Crippen LogP) is 1.77. The summed E-state index contributed by atoms with van der Waals surface area (Å²) in [5.74, 6) is -0.955. The molecule has 2 rings (SSSR count). The summed E-state index contributed by atoms with van der Waals surface area (Å²) >= 11 is 3.29. The van der Waals surface area contributed by atoms with Gasteiger partial charge in [0.25, 0.3) is 0 Å². The number of ketones is 2. The fourth-order valence-electron chi connectivity index (χ4n) is 1.57. The summed E-state index contributed by atoms with van der Waals surface area (Å²) in [4.78, 5) is 24.0. The van der Waals surface area contributed by atoms with Gasteiger partial charge in [-0.05, 0) is 24.3 Å². The Morgan fingerprint density at radius 1 is 0.778 bits per heavy atom. The molecule has 2 aromatic rings. The molecule has 4 heteroatoms. The molecule has 0 fully saturated rings. The van der Waals surface area contributed by atoms with Crippen molar-refractivity contribution in [3.8, 4) is 0 Å². The third-order valence-electron chi connectivity index (χ3n) is 2.63. The number of hydrogen-bond acceptors (Lipinski definition) is 2. The molecule has 0 unspecified atom stereocenters. The minimum atomic E-state index is -0.480. The van der Waals surface area contributed by atoms with Gasteiger partial charge in [-0.2, -0.15) is 0 Å². The minimum absolute atomic E-state index is 0.406. The van der Waals surface area contributed by atoms with E-state index in [9.17, 15) is 9.59 Å². The van der Waals surface area contributed by atoms with E-state index < -0.39 is 11.6 Å². The van der Waals surface area contributed by atoms with Crippen LogP contribution < -0.4 is 5.46 Å². The van der Waals surface area contributed by atoms with E-state index in [0.717, 1.165) is 9.94 Å². The second-order valence-corrected chi connectivity index (χ2v) is 4.95. The first kappa shape index (κ1) is 12.8. The Morgan fingerprint density at radius 3 is 1.61 bits per heavy atom. The first-order chi connectivity index (χ1) is 8.58. The van der Waals surface area contributed by atoms with Crippen LogP contribution in [0.2, 0.25) is 0 Å². The third kappa shape index (κ3) is 2.77. The third-order valence-corrected chi connectivity index (χ3v) is 3.16. The summed E-state index contributed by atoms with van der Waals surface area (Å²) in [7, 11) is 1.94. The van der Waals surface area contributed by atoms with Crippen LogP contribution in [0, 0.1) is 0 Å². The molecule has 0 saturated carbocycles. The lowest BCUT2D eigenvalue weighted by Crippen LogP contribution is -2.15. The molecule has 0 aliphatic heterocycles. The monoisotopic (exact) mass is 300 g/mol. The highest BCUT2D eigenvalue weighted by molar-refractivity contribution is 9.10. The van der Waals surface area contributed by atoms with Crippen molar-refractivity contribution >= 4 is 40.8 Å². The van der Waals surface area contributed by atoms with Crippen molar-refractivity contribution in [1.29, 1.82) is 0 Å². The zero-order valence-corrected chi connectivity index (χ0v) is 11.4. The predicted molar refractivity (Wildman–Crippen MR) is 77.4 cm³/mol. The first-order valence-electron chi connectivity index (χ1n) is 5.49. The number of benzene rings is 2. The lowest BCUT2D eigenvalue weighted by molar-refractivity contribution is 0.0817. The van der Waals surface area contributed by atoms with Gasteiger partial charge in [-0.25, -0.2) is 0 Å². The molecule has 0 aliphatic carbocycles. The number of carbonyl (C=O) groups excluding carboxylic acids is 2. The van der Waals surface area contributed by atoms with Crippen molar-refractivity contribution in [1.82, 2.24) is 0 Å². The van der Waals surface area contributed by atoms with Gasteiger partial charge in [0.1, 0.15) is 7.85 Å². The van der Waals surface area contributed by atoms with Gasteiger partial charge in [-0.1, -0.05) is 45.7 Å². The summed E-state index contributed by atoms with van der Waals surface area (Å²) in [6.45, 7) is 0. The average Bonchev–Trinajstić information content (AvgIpc) is 2.39. The van der Waals surface area contributed by atoms with Crippen molar-refractivity contribution in [2.24, 2.45) is 0 Å². The fourth-order valence-corrected chi connectivity index (χ4v) is 1.83. The van der Waals surface area contributed by atoms with Crippen LogP contribution in [-0.4, -0.2) is 19.4 Å². The van der Waals surface area contributed by atoms with Crippen molar-refractivity contribution in [3.63, 3.8) is 0 Å². The lowest BCUT2D eigenvalue weighted by atomic mass is 9.93. The van der Waals surface area contributed by atoms with E-state index in [1.54, 1.807) is 36.4 Å². The molecule has 0 amide bonds. The Hall–Kier alpha value is -1.68. The first-order valence-corrected chi connectivity index (χ1v) is 6.28. The summed E-state index contributed by atoms with van der Waals surface area (Å²) in [5, 5.41) is 0. The van der Waals surface area contributed by atoms with E-state index in [1.165, 1.54) is 0 Å². The quantitative estimate of drug-likeness (QED) is 0.492. The van der Waals surface area contributed by atoms with Gasteiger partial charge >= 0.3 is 0 Å². The molecule has 0 saturated heterocycles. The molecule has 0 radical (unpaired) electrons. The van der Waals surface area contributed by atoms with Gasteiger partial charge in [-0.15, -0.1) is 0 Å². The van der Waals surface area contributed by atoms with E-state index in [0.29, 0.717) is 11.1 Å². The van der Waals surface area contributed by atoms with Crippen LogP contribution in [0.4, 0.5) is 0 Å². The van der Waals surface area contributed by atoms with E-state index in [4.69, 9.17) is 0 Å². The molecule has 0 heterocycles. The standard InChI is InChI=1S/C14H10BBrO2/c15-11-5-1-9(2-6-11)13(17)14(18)10-3-7-12(16)8-4-10/h1-8H,15H2. The number of carbonyl (C=O) groups is 2. The van der Waals surface area contributed by atoms with E-state index in [1.807, 2.05) is 20.0 Å². The maximum Gasteiger partial charge on any atom is 0.233 e. The molecule has 0 aromatic heterocycles. The minimum Gasteiger partial charge on any atom is -0.285 e. The van der Waals surface area contributed by atoms with Gasteiger partial charge in [0.2, 0.25) is 11.6 Å². The summed E-state index contributed by atoms with van der Waals surface area (Å²) in [6, 6.07) is 13.8. The second kappa shape index (κ2) is 5.31. The molecule has 0 N–H and O–H groups in total. The van der Waals surface area contributed by atoms with Gasteiger partial charge in [-0.3, -0.25) is 9.59 Å². The molecular weight excluding hydrogens is 291 g/mol. The smallest absolute Gasteiger partial charge is 0.233 e. The van der Waals surface area contributed by atoms with E-state index >= 15 is 0 Å². The van der Waals surface area contributed by atoms with Crippen molar-refractivity contribution in [2.75, 3.05) is 0 Å². The molecular formula is C14H10BBrO2. The van der Waals surface area contributed by atoms with Gasteiger partial charge in [0.15, 0.2) is 0 Å². The SMILES string of the molecule is Bc1ccc(C(=O)C(=O)c2ccc(Br)cc2)cc1. The maximum absolute atomic E-state index is 12.0. The van der Waals surface area contributed by atoms with Crippen LogP contribution in [0.1, 0.15) is 20.7 Å². The molecule has 0 bridgehead atoms. The van der Waals surface area contributed by atoms with Crippen LogP contribution in [0.5, 0.6) is 0 Å². The lowest BCUT2D eigenvalue weighted by Gasteiger charge is -2.01. The highest BCUT2D eigenvalue weighted by atomic mass is 79.9. The summed E-state index contributed by atoms with van der Waals surface area (Å²) < 4.78 is 0.877. The van der Waals surface area contributed by atoms with Crippen molar-refractivity contribution in [3.05, 3.63) is 64.1 Å². The Morgan fingerprint density at radius 2 is 1.17 bits per heavy atom. The largest absolute Gasteiger partial charge is 0.285 e. The molecule has 88 valence electrons. The molecule has 0 spiro atoms. The Balaban J connectivity index is 2.26. The molecule has 0 aliphatic rings. The number of halogens is 1. The van der Waals surface area contributed by atoms with Crippen LogP contribution in [0.15, 0.2) is 53.0 Å². The summed E-state index contributed by atoms with van der Waals surface area (Å²) in [5.41, 5.74) is 1.89. The van der Waals surface area contributed by atoms with Crippen LogP contribution in [-0.2, 0) is 0 Å². The van der Waals surface area contributed by atoms with Gasteiger partial charge < -0.3 is 0 Å². The molecule has 2 nitrogen and oxygen atoms in total. The molecule has 0 atom stereocenters. The highest BCUT2D eigenvalue weighted by Gasteiger charge is 2.17. The summed E-state index contributed by atoms with van der Waals surface area (Å²) in [6.07, 6.45) is 0. The maximum atomic E-state index is 12.0. The van der Waals surface area contributed by atoms with Crippen LogP contribution >= 0.6 is 15.9 Å². The fraction of sp³-hybridized carbons (Fsp3) is 0. The zero-order chi connectivity index (χ0) is 13.1. The average molecular weight is 301 g/mol. The molecule has 18 heavy (non-hydrogen) atoms. The van der Waals surface area contributed by atoms with E-state index in [2.05, 4.69) is 15.9 Å². The van der Waals surface area contributed by atoms with Crippen molar-refractivity contribution < 1.29 is 9.59 Å². The number of rotatable bonds is 3. The van der Waals surface area contributed by atoms with Gasteiger partial charge in [0, 0.05) is 15.6 Å². The van der Waals surface area contributed by atoms with Gasteiger partial charge in [0.05, 0.1) is 0 Å². The van der Waals surface area contributed by atoms with Crippen molar-refractivity contribution in [2.45, 2.75) is 0 Å². The normalized spacial score (nSPS) is 10.1. The number of Topliss-reactive ketones (excluding diaryl/α,β-unsaturated/α-hetero) is 2. The van der Waals surface area contributed by atoms with Crippen LogP contribution in [0.25, 0.3) is 0 Å². The zero-order valence-electron chi connectivity index (χ0n) is 9.81. The Labute approximate surface area is 115 Å². The topological polar surface area (TPSA) is 34.1 Å².